The summed E-state index contributed by atoms with van der Waals surface area (Å²) in [5.74, 6) is -10.1. The number of tetrazole rings is 1. The second-order valence-electron chi connectivity index (χ2n) is 35.5. The molecule has 5 heterocycles. The molecule has 42 nitrogen and oxygen atoms in total. The average Bonchev–Trinajstić information content (AvgIpc) is 1.69. The zero-order valence-corrected chi connectivity index (χ0v) is 79.7. The molecule has 756 valence electrons. The fraction of sp³-hybridized carbons (Fsp3) is 0.642. The number of rotatable bonds is 57. The van der Waals surface area contributed by atoms with Crippen LogP contribution < -0.4 is 70.0 Å². The van der Waals surface area contributed by atoms with E-state index in [0.717, 1.165) is 60.2 Å². The first-order valence-electron chi connectivity index (χ1n) is 48.5. The van der Waals surface area contributed by atoms with Crippen LogP contribution in [0.15, 0.2) is 82.6 Å². The minimum atomic E-state index is -1.72. The molecule has 0 spiro atoms. The van der Waals surface area contributed by atoms with E-state index < -0.39 is 176 Å². The van der Waals surface area contributed by atoms with E-state index in [4.69, 9.17) is 20.9 Å². The lowest BCUT2D eigenvalue weighted by molar-refractivity contribution is -0.143. The number of nitrogens with two attached hydrogens (primary N) is 2. The Kier molecular flexibility index (Phi) is 51.4. The van der Waals surface area contributed by atoms with E-state index in [2.05, 4.69) is 94.1 Å². The Balaban J connectivity index is 0.912. The maximum atomic E-state index is 15.4. The van der Waals surface area contributed by atoms with Gasteiger partial charge in [0.2, 0.25) is 70.9 Å². The van der Waals surface area contributed by atoms with E-state index in [-0.39, 0.29) is 140 Å². The number of aromatic amines is 2. The van der Waals surface area contributed by atoms with Crippen LogP contribution in [0.25, 0.3) is 10.9 Å². The van der Waals surface area contributed by atoms with Gasteiger partial charge < -0.3 is 105 Å². The Labute approximate surface area is 800 Å². The molecule has 137 heavy (non-hydrogen) atoms. The second-order valence-corrected chi connectivity index (χ2v) is 35.5. The highest BCUT2D eigenvalue weighted by atomic mass is 16.5. The lowest BCUT2D eigenvalue weighted by Crippen LogP contribution is -2.60. The number of aromatic nitrogens is 5. The Bertz CT molecular complexity index is 4590. The number of carbonyl (C=O) groups excluding carboxylic acids is 15. The minimum Gasteiger partial charge on any atom is -0.394 e. The number of nitrogens with zero attached hydrogens (tertiary/aromatic N) is 7. The summed E-state index contributed by atoms with van der Waals surface area (Å²) >= 11 is 0. The van der Waals surface area contributed by atoms with Crippen LogP contribution in [0.1, 0.15) is 236 Å². The molecule has 12 atom stereocenters. The van der Waals surface area contributed by atoms with Gasteiger partial charge in [-0.05, 0) is 102 Å². The fourth-order valence-electron chi connectivity index (χ4n) is 16.5. The number of para-hydroxylation sites is 1. The fourth-order valence-corrected chi connectivity index (χ4v) is 16.5. The molecule has 2 saturated heterocycles. The summed E-state index contributed by atoms with van der Waals surface area (Å²) in [6.07, 6.45) is 21.2. The smallest absolute Gasteiger partial charge is 0.246 e. The van der Waals surface area contributed by atoms with Crippen molar-refractivity contribution in [2.24, 2.45) is 21.5 Å². The summed E-state index contributed by atoms with van der Waals surface area (Å²) in [6, 6.07) is 0.635. The van der Waals surface area contributed by atoms with Crippen LogP contribution in [-0.4, -0.2) is 304 Å². The van der Waals surface area contributed by atoms with E-state index in [1.165, 1.54) is 58.3 Å². The van der Waals surface area contributed by atoms with Crippen molar-refractivity contribution in [2.75, 3.05) is 79.9 Å². The van der Waals surface area contributed by atoms with Crippen LogP contribution in [0.2, 0.25) is 0 Å². The molecular formula is C95H146N22O20. The number of H-pyrrole nitrogens is 2. The number of carbonyl (C=O) groups is 15. The number of ketones is 3. The van der Waals surface area contributed by atoms with Crippen molar-refractivity contribution in [1.82, 2.24) is 93.9 Å². The number of amides is 12. The van der Waals surface area contributed by atoms with Crippen LogP contribution in [0, 0.1) is 0 Å². The third kappa shape index (κ3) is 41.9. The Morgan fingerprint density at radius 3 is 1.94 bits per heavy atom. The summed E-state index contributed by atoms with van der Waals surface area (Å²) in [5, 5.41) is 76.0. The van der Waals surface area contributed by atoms with Crippen molar-refractivity contribution in [3.05, 3.63) is 89.5 Å². The van der Waals surface area contributed by atoms with E-state index in [0.29, 0.717) is 68.3 Å². The number of fused-ring (bicyclic) bond motifs is 2. The van der Waals surface area contributed by atoms with Crippen LogP contribution in [-0.2, 0) is 101 Å². The monoisotopic (exact) mass is 1920 g/mol. The number of Topliss-reactive ketones (excluding diaryl/α,β-unsaturated/α-hetero) is 3. The van der Waals surface area contributed by atoms with Crippen molar-refractivity contribution >= 4 is 111 Å². The topological polar surface area (TPSA) is 621 Å². The van der Waals surface area contributed by atoms with Crippen molar-refractivity contribution in [2.45, 2.75) is 311 Å². The number of aliphatic hydroxyl groups excluding tert-OH is 3. The molecule has 0 unspecified atom stereocenters. The first-order valence-corrected chi connectivity index (χ1v) is 48.5. The molecule has 12 amide bonds. The molecule has 7 rings (SSSR count). The van der Waals surface area contributed by atoms with Crippen LogP contribution in [0.3, 0.4) is 0 Å². The molecule has 0 aliphatic carbocycles. The van der Waals surface area contributed by atoms with Crippen LogP contribution >= 0.6 is 0 Å². The number of ether oxygens (including phenoxy) is 2. The number of likely N-dealkylation sites (N-methyl/N-ethyl adjacent to an activating group) is 1. The van der Waals surface area contributed by atoms with Crippen molar-refractivity contribution in [1.29, 1.82) is 0 Å². The largest absolute Gasteiger partial charge is 0.394 e. The van der Waals surface area contributed by atoms with Gasteiger partial charge in [0.1, 0.15) is 60.7 Å². The van der Waals surface area contributed by atoms with Crippen LogP contribution in [0.5, 0.6) is 0 Å². The first-order chi connectivity index (χ1) is 66.0. The minimum absolute atomic E-state index is 0.00111. The maximum absolute atomic E-state index is 15.4. The highest BCUT2D eigenvalue weighted by Crippen LogP contribution is 2.26. The number of aliphatic imine (C=N–C) groups is 2. The number of hydrogen-bond acceptors (Lipinski definition) is 26. The lowest BCUT2D eigenvalue weighted by atomic mass is 9.98. The van der Waals surface area contributed by atoms with E-state index in [1.807, 2.05) is 31.2 Å². The van der Waals surface area contributed by atoms with Crippen molar-refractivity contribution in [3.8, 4) is 0 Å². The number of unbranched alkanes of at least 4 members (excludes halogenated alkanes) is 13. The van der Waals surface area contributed by atoms with Gasteiger partial charge in [-0.15, -0.1) is 10.2 Å². The number of hydrogen-bond donors (Lipinski definition) is 18. The zero-order valence-electron chi connectivity index (χ0n) is 79.7. The highest BCUT2D eigenvalue weighted by Gasteiger charge is 2.44. The van der Waals surface area contributed by atoms with Gasteiger partial charge in [0, 0.05) is 113 Å². The van der Waals surface area contributed by atoms with Gasteiger partial charge in [0.15, 0.2) is 23.4 Å². The predicted octanol–water partition coefficient (Wildman–Crippen LogP) is 1.31. The highest BCUT2D eigenvalue weighted by molar-refractivity contribution is 6.00. The van der Waals surface area contributed by atoms with Crippen molar-refractivity contribution in [3.63, 3.8) is 0 Å². The van der Waals surface area contributed by atoms with Gasteiger partial charge in [-0.25, -0.2) is 0 Å². The summed E-state index contributed by atoms with van der Waals surface area (Å²) < 4.78 is 10.8. The number of nitrogens with one attached hydrogen (secondary N) is 13. The third-order valence-electron chi connectivity index (χ3n) is 24.3. The summed E-state index contributed by atoms with van der Waals surface area (Å²) in [7, 11) is 3.21. The number of aryl methyl sites for hydroxylation is 1. The molecule has 4 aromatic rings. The number of guanidine groups is 1. The Hall–Kier alpha value is -11.9. The lowest BCUT2D eigenvalue weighted by Gasteiger charge is -2.31. The van der Waals surface area contributed by atoms with E-state index >= 15 is 14.4 Å². The second kappa shape index (κ2) is 62.8. The Morgan fingerprint density at radius 1 is 0.628 bits per heavy atom. The molecule has 0 saturated carbocycles. The van der Waals surface area contributed by atoms with Gasteiger partial charge >= 0.3 is 0 Å². The van der Waals surface area contributed by atoms with Crippen LogP contribution in [0.4, 0.5) is 0 Å². The van der Waals surface area contributed by atoms with Gasteiger partial charge in [-0.3, -0.25) is 86.8 Å². The summed E-state index contributed by atoms with van der Waals surface area (Å²) in [6.45, 7) is 0.372. The van der Waals surface area contributed by atoms with E-state index in [1.54, 1.807) is 67.8 Å². The molecule has 2 fully saturated rings. The van der Waals surface area contributed by atoms with Crippen molar-refractivity contribution < 1.29 is 96.7 Å². The molecule has 2 aromatic carbocycles. The Morgan fingerprint density at radius 2 is 1.27 bits per heavy atom. The van der Waals surface area contributed by atoms with E-state index in [9.17, 15) is 72.9 Å². The normalized spacial score (nSPS) is 19.3. The van der Waals surface area contributed by atoms with Gasteiger partial charge in [0.05, 0.1) is 63.8 Å². The third-order valence-corrected chi connectivity index (χ3v) is 24.3. The predicted molar refractivity (Wildman–Crippen MR) is 510 cm³/mol. The summed E-state index contributed by atoms with van der Waals surface area (Å²) in [4.78, 5) is 226. The number of benzene rings is 2. The number of aliphatic hydroxyl groups is 3. The maximum Gasteiger partial charge on any atom is 0.246 e. The molecule has 3 aliphatic rings. The van der Waals surface area contributed by atoms with Gasteiger partial charge in [-0.1, -0.05) is 163 Å². The van der Waals surface area contributed by atoms with Gasteiger partial charge in [-0.2, -0.15) is 5.21 Å². The molecule has 3 aliphatic heterocycles. The molecule has 42 heteroatoms. The quantitative estimate of drug-likeness (QED) is 0.0168. The summed E-state index contributed by atoms with van der Waals surface area (Å²) in [5.41, 5.74) is 13.7. The molecule has 0 radical (unpaired) electrons. The SMILES string of the molecule is CCCC[C@H](NC(=O)[C@H](CCCC(=O)[C@H](CC1=CCC=N1)NC(=O)[C@H](CO)NC(=O)[C@H](CO)NC(=O)CNC(=O)COCCOCCNC(=O)CCCCCCCCCCCCCCCc1nn[nH]n1)N(C)C)C(=O)N[C@H]1CCC(=O)CCCCC[C@@H](C(C)=O)NC(=O)[C@H](Cc2c[nH]c3ccccc23)NC(=O)[C@H](CCCN=C(N)N)NC(=O)[C@@H](Cc2ccccc2)NC(=O)[C@@H]2C[C@@H](O)CN2C1=O. The average molecular weight is 1920 g/mol. The molecular weight excluding hydrogens is 1770 g/mol. The molecule has 20 N–H and O–H groups in total. The zero-order chi connectivity index (χ0) is 99.2. The standard InChI is InChI=1S/C95H146N22O20/c1-5-6-36-71(86(127)107-73-45-44-66(121)34-22-19-23-37-69(62(2)120)104-89(130)76(53-64-56-101-70-38-27-26-35-68(64)70)109-87(128)72(39-30-47-100-95(96)97)105-88(129)75(52-63-31-20-18-21-32-63)110-93(134)80-55-67(122)58-117(80)94(73)135)106-92(133)79(116(3)4)40-28-41-81(123)74(54-65-33-29-46-98-65)108-91(132)78(60-119)111-90(131)77(59-118)103-84(125)57-102-85(126)61-137-51-50-136-49-48-99-83(124)43-25-17-15-13-11-9-7-8-10-12-14-16-24-42-82-112-114-115-113-82/h18,20-21,26-27,31-33,35,38,46,56,67,69,71-80,101,118-119,122H,5-17,19,22-25,28-30,34,36-37,39-45,47-55,57-61H2,1-4H3,(H,99,124)(H,102,126)(H,103,125)(H,104,130)(H,105,129)(H,106,133)(H,107,127)(H,108,132)(H,109,128)(H,110,134)(H,111,131)(H4,96,97,100)(H,112,113,114,115)/t67-,69+,71+,72+,73+,74+,75-,76+,77+,78+,79+,80+/m1/s1. The molecule has 0 bridgehead atoms. The molecule has 2 aromatic heterocycles. The van der Waals surface area contributed by atoms with Gasteiger partial charge in [0.25, 0.3) is 0 Å². The number of allylic oxidation sites excluding steroid dienone is 1. The first kappa shape index (κ1) is 112.